The molecule has 0 aliphatic heterocycles. The standard InChI is InChI=1S/C67H39N5O2.C3H8/c1-2-20-46-40(15-1)34-36-57-62(46)54-27-13-26-48(42-17-11-16-41(37-42)47-25-14-32-60-63(47)53-24-6-10-31-59(53)73-60)64(54)71(57)45-19-12-18-43(38-45)65-68-66(44-33-35-52-51-23-5-9-30-58(51)74-61(52)39-44)70-67(69-65)72-55-28-7-3-21-49(55)50-22-4-8-29-56(50)72;1-3-2/h1-39H;3H2,1-2H3. The molecule has 0 saturated carbocycles. The van der Waals surface area contributed by atoms with Crippen molar-refractivity contribution in [2.24, 2.45) is 0 Å². The van der Waals surface area contributed by atoms with Gasteiger partial charge in [-0.3, -0.25) is 4.57 Å². The van der Waals surface area contributed by atoms with Crippen molar-refractivity contribution >= 4 is 98.3 Å². The second kappa shape index (κ2) is 17.8. The number of benzene rings is 11. The van der Waals surface area contributed by atoms with Crippen LogP contribution in [0.15, 0.2) is 245 Å². The van der Waals surface area contributed by atoms with E-state index in [4.69, 9.17) is 23.8 Å². The van der Waals surface area contributed by atoms with Gasteiger partial charge in [0.25, 0.3) is 0 Å². The molecule has 0 unspecified atom stereocenters. The molecule has 0 saturated heterocycles. The van der Waals surface area contributed by atoms with Gasteiger partial charge >= 0.3 is 0 Å². The van der Waals surface area contributed by atoms with E-state index in [9.17, 15) is 0 Å². The Morgan fingerprint density at radius 1 is 0.338 bits per heavy atom. The summed E-state index contributed by atoms with van der Waals surface area (Å²) in [6, 6.07) is 83.5. The Morgan fingerprint density at radius 3 is 1.66 bits per heavy atom. The second-order valence-electron chi connectivity index (χ2n) is 19.8. The predicted octanol–water partition coefficient (Wildman–Crippen LogP) is 19.1. The average molecular weight is 990 g/mol. The number of fused-ring (bicyclic) bond motifs is 14. The fourth-order valence-electron chi connectivity index (χ4n) is 11.7. The van der Waals surface area contributed by atoms with Crippen LogP contribution in [0.1, 0.15) is 20.3 Å². The number of furan rings is 2. The number of aromatic nitrogens is 5. The number of rotatable bonds is 6. The van der Waals surface area contributed by atoms with Crippen LogP contribution in [0.3, 0.4) is 0 Å². The quantitative estimate of drug-likeness (QED) is 0.166. The molecule has 0 N–H and O–H groups in total. The van der Waals surface area contributed by atoms with Crippen molar-refractivity contribution in [3.63, 3.8) is 0 Å². The van der Waals surface area contributed by atoms with Gasteiger partial charge in [-0.1, -0.05) is 190 Å². The molecule has 16 rings (SSSR count). The Kier molecular flexibility index (Phi) is 10.3. The van der Waals surface area contributed by atoms with Gasteiger partial charge in [0.1, 0.15) is 22.3 Å². The van der Waals surface area contributed by atoms with E-state index in [1.54, 1.807) is 0 Å². The summed E-state index contributed by atoms with van der Waals surface area (Å²) in [6.45, 7) is 4.25. The normalized spacial score (nSPS) is 11.8. The molecule has 0 fully saturated rings. The van der Waals surface area contributed by atoms with Crippen LogP contribution in [0.2, 0.25) is 0 Å². The molecule has 0 aliphatic rings. The van der Waals surface area contributed by atoms with Gasteiger partial charge in [-0.25, -0.2) is 4.98 Å². The maximum absolute atomic E-state index is 6.42. The summed E-state index contributed by atoms with van der Waals surface area (Å²) in [7, 11) is 0. The van der Waals surface area contributed by atoms with Crippen LogP contribution in [0.25, 0.3) is 155 Å². The molecule has 7 nitrogen and oxygen atoms in total. The first-order valence-corrected chi connectivity index (χ1v) is 26.3. The first-order chi connectivity index (χ1) is 38.1. The van der Waals surface area contributed by atoms with Gasteiger partial charge in [0.15, 0.2) is 11.6 Å². The van der Waals surface area contributed by atoms with E-state index in [1.165, 1.54) is 28.0 Å². The highest BCUT2D eigenvalue weighted by molar-refractivity contribution is 6.24. The summed E-state index contributed by atoms with van der Waals surface area (Å²) < 4.78 is 17.4. The number of hydrogen-bond acceptors (Lipinski definition) is 5. The topological polar surface area (TPSA) is 74.8 Å². The SMILES string of the molecule is CCC.c1cc(-c2cccc3oc4ccccc4c23)cc(-c2cccc3c4c5ccccc5ccc4n(-c4cccc(-c5nc(-c6ccc7c(c6)oc6ccccc67)nc(-n6c7ccccc7c7ccccc76)n5)c4)c23)c1. The maximum atomic E-state index is 6.42. The predicted molar refractivity (Wildman–Crippen MR) is 318 cm³/mol. The van der Waals surface area contributed by atoms with Crippen molar-refractivity contribution in [3.05, 3.63) is 237 Å². The van der Waals surface area contributed by atoms with Crippen LogP contribution in [0.5, 0.6) is 0 Å². The number of hydrogen-bond donors (Lipinski definition) is 0. The lowest BCUT2D eigenvalue weighted by Crippen LogP contribution is -2.06. The van der Waals surface area contributed by atoms with Gasteiger partial charge in [-0.05, 0) is 94.2 Å². The molecule has 7 heteroatoms. The third-order valence-electron chi connectivity index (χ3n) is 15.0. The van der Waals surface area contributed by atoms with Gasteiger partial charge in [-0.2, -0.15) is 9.97 Å². The van der Waals surface area contributed by atoms with Gasteiger partial charge in [0.05, 0.1) is 22.1 Å². The van der Waals surface area contributed by atoms with Gasteiger partial charge in [-0.15, -0.1) is 0 Å². The summed E-state index contributed by atoms with van der Waals surface area (Å²) >= 11 is 0. The zero-order chi connectivity index (χ0) is 51.1. The van der Waals surface area contributed by atoms with Crippen molar-refractivity contribution in [2.45, 2.75) is 20.3 Å². The lowest BCUT2D eigenvalue weighted by Gasteiger charge is -2.14. The fraction of sp³-hybridized carbons (Fsp3) is 0.0429. The summed E-state index contributed by atoms with van der Waals surface area (Å²) in [6.07, 6.45) is 1.25. The molecule has 0 spiro atoms. The molecule has 5 aromatic heterocycles. The summed E-state index contributed by atoms with van der Waals surface area (Å²) in [5, 5.41) is 11.4. The number of para-hydroxylation sites is 5. The molecule has 77 heavy (non-hydrogen) atoms. The molecule has 0 amide bonds. The van der Waals surface area contributed by atoms with Crippen molar-refractivity contribution in [1.82, 2.24) is 24.1 Å². The largest absolute Gasteiger partial charge is 0.456 e. The molecular weight excluding hydrogens is 943 g/mol. The van der Waals surface area contributed by atoms with Gasteiger partial charge in [0.2, 0.25) is 5.95 Å². The minimum absolute atomic E-state index is 0.530. The smallest absolute Gasteiger partial charge is 0.238 e. The molecule has 0 bridgehead atoms. The highest BCUT2D eigenvalue weighted by Crippen LogP contribution is 2.44. The number of nitrogens with zero attached hydrogens (tertiary/aromatic N) is 5. The minimum Gasteiger partial charge on any atom is -0.456 e. The summed E-state index contributed by atoms with van der Waals surface area (Å²) in [5.74, 6) is 1.63. The second-order valence-corrected chi connectivity index (χ2v) is 19.8. The molecule has 0 atom stereocenters. The summed E-state index contributed by atoms with van der Waals surface area (Å²) in [5.41, 5.74) is 14.8. The Balaban J connectivity index is 0.00000169. The molecule has 0 aliphatic carbocycles. The van der Waals surface area contributed by atoms with E-state index < -0.39 is 0 Å². The van der Waals surface area contributed by atoms with Crippen LogP contribution in [-0.4, -0.2) is 24.1 Å². The third-order valence-corrected chi connectivity index (χ3v) is 15.0. The summed E-state index contributed by atoms with van der Waals surface area (Å²) in [4.78, 5) is 16.0. The van der Waals surface area contributed by atoms with Crippen LogP contribution < -0.4 is 0 Å². The van der Waals surface area contributed by atoms with Crippen molar-refractivity contribution < 1.29 is 8.83 Å². The molecule has 0 radical (unpaired) electrons. The van der Waals surface area contributed by atoms with Gasteiger partial charge < -0.3 is 13.4 Å². The Bertz CT molecular complexity index is 4960. The van der Waals surface area contributed by atoms with Crippen molar-refractivity contribution in [2.75, 3.05) is 0 Å². The zero-order valence-electron chi connectivity index (χ0n) is 42.3. The van der Waals surface area contributed by atoms with Crippen LogP contribution in [-0.2, 0) is 0 Å². The Hall–Kier alpha value is -10.1. The molecule has 364 valence electrons. The monoisotopic (exact) mass is 989 g/mol. The third kappa shape index (κ3) is 7.08. The molecule has 5 heterocycles. The van der Waals surface area contributed by atoms with E-state index in [1.807, 2.05) is 30.3 Å². The average Bonchev–Trinajstić information content (AvgIpc) is 4.27. The molecule has 16 aromatic rings. The van der Waals surface area contributed by atoms with E-state index in [0.29, 0.717) is 17.6 Å². The first-order valence-electron chi connectivity index (χ1n) is 26.3. The van der Waals surface area contributed by atoms with Gasteiger partial charge in [0, 0.05) is 65.5 Å². The lowest BCUT2D eigenvalue weighted by molar-refractivity contribution is 0.668. The van der Waals surface area contributed by atoms with Crippen LogP contribution >= 0.6 is 0 Å². The minimum atomic E-state index is 0.530. The van der Waals surface area contributed by atoms with Crippen LogP contribution in [0.4, 0.5) is 0 Å². The highest BCUT2D eigenvalue weighted by atomic mass is 16.3. The van der Waals surface area contributed by atoms with E-state index >= 15 is 0 Å². The lowest BCUT2D eigenvalue weighted by atomic mass is 9.94. The van der Waals surface area contributed by atoms with Crippen molar-refractivity contribution in [3.8, 4) is 56.7 Å². The van der Waals surface area contributed by atoms with E-state index in [0.717, 1.165) is 116 Å². The molecular formula is C70H47N5O2. The first kappa shape index (κ1) is 44.4. The Labute approximate surface area is 442 Å². The van der Waals surface area contributed by atoms with Crippen LogP contribution in [0, 0.1) is 0 Å². The fourth-order valence-corrected chi connectivity index (χ4v) is 11.7. The highest BCUT2D eigenvalue weighted by Gasteiger charge is 2.23. The zero-order valence-corrected chi connectivity index (χ0v) is 42.3. The van der Waals surface area contributed by atoms with E-state index in [-0.39, 0.29) is 0 Å². The van der Waals surface area contributed by atoms with E-state index in [2.05, 4.69) is 229 Å². The molecule has 11 aromatic carbocycles. The van der Waals surface area contributed by atoms with Crippen molar-refractivity contribution in [1.29, 1.82) is 0 Å². The maximum Gasteiger partial charge on any atom is 0.238 e. The Morgan fingerprint density at radius 2 is 0.883 bits per heavy atom.